The second-order valence-corrected chi connectivity index (χ2v) is 5.78. The van der Waals surface area contributed by atoms with E-state index in [-0.39, 0.29) is 10.8 Å². The molecule has 0 aliphatic carbocycles. The van der Waals surface area contributed by atoms with Gasteiger partial charge in [0.2, 0.25) is 0 Å². The first-order valence-corrected chi connectivity index (χ1v) is 5.22. The number of nitrogen functional groups attached to an aromatic ring is 2. The molecule has 0 saturated carbocycles. The lowest BCUT2D eigenvalue weighted by atomic mass is 9.69. The molecule has 4 heteroatoms. The molecule has 1 aromatic rings. The normalized spacial score (nSPS) is 13.1. The summed E-state index contributed by atoms with van der Waals surface area (Å²) in [5, 5.41) is 4.18. The van der Waals surface area contributed by atoms with Crippen molar-refractivity contribution < 1.29 is 0 Å². The molecule has 15 heavy (non-hydrogen) atoms. The summed E-state index contributed by atoms with van der Waals surface area (Å²) in [4.78, 5) is 0. The van der Waals surface area contributed by atoms with Gasteiger partial charge in [0.25, 0.3) is 0 Å². The van der Waals surface area contributed by atoms with Crippen LogP contribution in [-0.2, 0) is 6.54 Å². The summed E-state index contributed by atoms with van der Waals surface area (Å²) in [6.07, 6.45) is 1.61. The van der Waals surface area contributed by atoms with Crippen LogP contribution < -0.4 is 11.5 Å². The van der Waals surface area contributed by atoms with Crippen molar-refractivity contribution >= 4 is 11.5 Å². The average molecular weight is 210 g/mol. The molecule has 0 saturated heterocycles. The number of anilines is 2. The van der Waals surface area contributed by atoms with Gasteiger partial charge in [0, 0.05) is 6.54 Å². The van der Waals surface area contributed by atoms with Gasteiger partial charge in [-0.25, -0.2) is 4.68 Å². The van der Waals surface area contributed by atoms with Crippen LogP contribution >= 0.6 is 0 Å². The molecule has 0 radical (unpaired) electrons. The Morgan fingerprint density at radius 3 is 2.07 bits per heavy atom. The fourth-order valence-electron chi connectivity index (χ4n) is 1.15. The Kier molecular flexibility index (Phi) is 2.72. The molecule has 4 nitrogen and oxygen atoms in total. The van der Waals surface area contributed by atoms with Crippen LogP contribution in [0.25, 0.3) is 0 Å². The van der Waals surface area contributed by atoms with Crippen molar-refractivity contribution in [1.29, 1.82) is 0 Å². The van der Waals surface area contributed by atoms with Crippen molar-refractivity contribution in [2.45, 2.75) is 41.2 Å². The predicted octanol–water partition coefficient (Wildman–Crippen LogP) is 2.12. The number of nitrogens with zero attached hydrogens (tertiary/aromatic N) is 2. The zero-order valence-electron chi connectivity index (χ0n) is 10.3. The van der Waals surface area contributed by atoms with Crippen LogP contribution in [0.5, 0.6) is 0 Å². The summed E-state index contributed by atoms with van der Waals surface area (Å²) in [7, 11) is 0. The SMILES string of the molecule is CC(C)(C)C(C)(C)Cn1ncc(N)c1N. The van der Waals surface area contributed by atoms with Crippen molar-refractivity contribution in [1.82, 2.24) is 9.78 Å². The topological polar surface area (TPSA) is 69.9 Å². The maximum Gasteiger partial charge on any atom is 0.145 e. The number of hydrogen-bond acceptors (Lipinski definition) is 3. The molecule has 0 aliphatic heterocycles. The van der Waals surface area contributed by atoms with E-state index in [1.807, 2.05) is 0 Å². The number of hydrogen-bond donors (Lipinski definition) is 2. The third kappa shape index (κ3) is 2.25. The van der Waals surface area contributed by atoms with E-state index in [9.17, 15) is 0 Å². The second-order valence-electron chi connectivity index (χ2n) is 5.78. The summed E-state index contributed by atoms with van der Waals surface area (Å²) < 4.78 is 1.78. The third-order valence-corrected chi connectivity index (χ3v) is 3.49. The van der Waals surface area contributed by atoms with Gasteiger partial charge in [0.05, 0.1) is 11.9 Å². The zero-order chi connectivity index (χ0) is 11.9. The zero-order valence-corrected chi connectivity index (χ0v) is 10.3. The van der Waals surface area contributed by atoms with Gasteiger partial charge in [-0.15, -0.1) is 0 Å². The maximum absolute atomic E-state index is 5.83. The molecule has 0 amide bonds. The van der Waals surface area contributed by atoms with E-state index in [1.54, 1.807) is 10.9 Å². The molecule has 4 N–H and O–H groups in total. The highest BCUT2D eigenvalue weighted by atomic mass is 15.3. The van der Waals surface area contributed by atoms with Gasteiger partial charge in [-0.05, 0) is 10.8 Å². The first kappa shape index (κ1) is 11.9. The Labute approximate surface area is 91.6 Å². The maximum atomic E-state index is 5.83. The molecular formula is C11H22N4. The largest absolute Gasteiger partial charge is 0.394 e. The van der Waals surface area contributed by atoms with Crippen molar-refractivity contribution in [3.05, 3.63) is 6.20 Å². The van der Waals surface area contributed by atoms with Crippen LogP contribution in [0.3, 0.4) is 0 Å². The number of aromatic nitrogens is 2. The van der Waals surface area contributed by atoms with E-state index in [0.717, 1.165) is 6.54 Å². The summed E-state index contributed by atoms with van der Waals surface area (Å²) in [5.74, 6) is 0.562. The van der Waals surface area contributed by atoms with E-state index >= 15 is 0 Å². The Hall–Kier alpha value is -1.19. The van der Waals surface area contributed by atoms with Gasteiger partial charge in [-0.1, -0.05) is 34.6 Å². The molecule has 0 atom stereocenters. The quantitative estimate of drug-likeness (QED) is 0.785. The molecular weight excluding hydrogens is 188 g/mol. The van der Waals surface area contributed by atoms with Gasteiger partial charge in [-0.2, -0.15) is 5.10 Å². The van der Waals surface area contributed by atoms with Crippen molar-refractivity contribution in [3.63, 3.8) is 0 Å². The molecule has 1 aromatic heterocycles. The van der Waals surface area contributed by atoms with Gasteiger partial charge >= 0.3 is 0 Å². The van der Waals surface area contributed by atoms with Crippen molar-refractivity contribution in [2.24, 2.45) is 10.8 Å². The number of nitrogens with two attached hydrogens (primary N) is 2. The molecule has 0 aliphatic rings. The molecule has 0 bridgehead atoms. The van der Waals surface area contributed by atoms with Crippen molar-refractivity contribution in [2.75, 3.05) is 11.5 Å². The number of rotatable bonds is 2. The van der Waals surface area contributed by atoms with Crippen LogP contribution in [-0.4, -0.2) is 9.78 Å². The molecule has 0 fully saturated rings. The summed E-state index contributed by atoms with van der Waals surface area (Å²) >= 11 is 0. The smallest absolute Gasteiger partial charge is 0.145 e. The lowest BCUT2D eigenvalue weighted by Gasteiger charge is -2.38. The Balaban J connectivity index is 2.92. The monoisotopic (exact) mass is 210 g/mol. The van der Waals surface area contributed by atoms with E-state index < -0.39 is 0 Å². The summed E-state index contributed by atoms with van der Waals surface area (Å²) in [5.41, 5.74) is 12.3. The third-order valence-electron chi connectivity index (χ3n) is 3.49. The van der Waals surface area contributed by atoms with Crippen LogP contribution in [0.15, 0.2) is 6.20 Å². The predicted molar refractivity (Wildman–Crippen MR) is 64.3 cm³/mol. The molecule has 1 heterocycles. The van der Waals surface area contributed by atoms with Crippen molar-refractivity contribution in [3.8, 4) is 0 Å². The molecule has 86 valence electrons. The van der Waals surface area contributed by atoms with Gasteiger partial charge < -0.3 is 11.5 Å². The highest BCUT2D eigenvalue weighted by Gasteiger charge is 2.33. The summed E-state index contributed by atoms with van der Waals surface area (Å²) in [6, 6.07) is 0. The van der Waals surface area contributed by atoms with E-state index in [1.165, 1.54) is 0 Å². The lowest BCUT2D eigenvalue weighted by molar-refractivity contribution is 0.103. The summed E-state index contributed by atoms with van der Waals surface area (Å²) in [6.45, 7) is 11.9. The highest BCUT2D eigenvalue weighted by Crippen LogP contribution is 2.39. The minimum atomic E-state index is 0.111. The Morgan fingerprint density at radius 2 is 1.73 bits per heavy atom. The van der Waals surface area contributed by atoms with E-state index in [2.05, 4.69) is 39.7 Å². The van der Waals surface area contributed by atoms with Gasteiger partial charge in [0.15, 0.2) is 0 Å². The Bertz CT molecular complexity index is 344. The average Bonchev–Trinajstić information content (AvgIpc) is 2.33. The second kappa shape index (κ2) is 3.43. The van der Waals surface area contributed by atoms with Gasteiger partial charge in [-0.3, -0.25) is 0 Å². The molecule has 0 aromatic carbocycles. The Morgan fingerprint density at radius 1 is 1.20 bits per heavy atom. The first-order valence-electron chi connectivity index (χ1n) is 5.22. The highest BCUT2D eigenvalue weighted by molar-refractivity contribution is 5.56. The van der Waals surface area contributed by atoms with Crippen LogP contribution in [0.1, 0.15) is 34.6 Å². The standard InChI is InChI=1S/C11H22N4/c1-10(2,3)11(4,5)7-15-9(13)8(12)6-14-15/h6H,7,12-13H2,1-5H3. The minimum absolute atomic E-state index is 0.111. The van der Waals surface area contributed by atoms with Crippen LogP contribution in [0, 0.1) is 10.8 Å². The molecule has 0 spiro atoms. The fourth-order valence-corrected chi connectivity index (χ4v) is 1.15. The lowest BCUT2D eigenvalue weighted by Crippen LogP contribution is -2.34. The van der Waals surface area contributed by atoms with E-state index in [0.29, 0.717) is 11.5 Å². The van der Waals surface area contributed by atoms with Gasteiger partial charge in [0.1, 0.15) is 5.82 Å². The molecule has 0 unspecified atom stereocenters. The minimum Gasteiger partial charge on any atom is -0.394 e. The van der Waals surface area contributed by atoms with E-state index in [4.69, 9.17) is 11.5 Å². The van der Waals surface area contributed by atoms with Crippen LogP contribution in [0.4, 0.5) is 11.5 Å². The first-order chi connectivity index (χ1) is 6.65. The van der Waals surface area contributed by atoms with Crippen LogP contribution in [0.2, 0.25) is 0 Å². The molecule has 1 rings (SSSR count). The fraction of sp³-hybridized carbons (Fsp3) is 0.727.